The highest BCUT2D eigenvalue weighted by atomic mass is 16.1. The van der Waals surface area contributed by atoms with E-state index in [9.17, 15) is 9.59 Å². The van der Waals surface area contributed by atoms with Gasteiger partial charge in [-0.3, -0.25) is 9.59 Å². The zero-order chi connectivity index (χ0) is 14.7. The molecular weight excluding hydrogens is 264 g/mol. The van der Waals surface area contributed by atoms with E-state index in [1.807, 2.05) is 0 Å². The number of carbonyl (C=O) groups is 2. The van der Waals surface area contributed by atoms with Crippen LogP contribution in [0.25, 0.3) is 0 Å². The Bertz CT molecular complexity index is 500. The summed E-state index contributed by atoms with van der Waals surface area (Å²) < 4.78 is 0. The molecule has 3 rings (SSSR count). The third kappa shape index (κ3) is 3.50. The van der Waals surface area contributed by atoms with Gasteiger partial charge in [0, 0.05) is 37.3 Å². The zero-order valence-corrected chi connectivity index (χ0v) is 12.3. The van der Waals surface area contributed by atoms with Crippen LogP contribution < -0.4 is 5.32 Å². The number of hydrogen-bond donors (Lipinski definition) is 1. The van der Waals surface area contributed by atoms with Crippen molar-refractivity contribution in [3.8, 4) is 0 Å². The lowest BCUT2D eigenvalue weighted by molar-refractivity contribution is -0.116. The van der Waals surface area contributed by atoms with E-state index < -0.39 is 0 Å². The molecule has 1 aliphatic carbocycles. The molecule has 0 spiro atoms. The number of benzene rings is 1. The van der Waals surface area contributed by atoms with Crippen molar-refractivity contribution in [1.29, 1.82) is 0 Å². The van der Waals surface area contributed by atoms with Gasteiger partial charge in [0.25, 0.3) is 0 Å². The van der Waals surface area contributed by atoms with Crippen LogP contribution >= 0.6 is 0 Å². The van der Waals surface area contributed by atoms with Gasteiger partial charge in [0.05, 0.1) is 0 Å². The molecule has 21 heavy (non-hydrogen) atoms. The summed E-state index contributed by atoms with van der Waals surface area (Å²) in [7, 11) is 0. The largest absolute Gasteiger partial charge is 0.326 e. The normalized spacial score (nSPS) is 24.8. The van der Waals surface area contributed by atoms with Crippen molar-refractivity contribution in [1.82, 2.24) is 4.90 Å². The van der Waals surface area contributed by atoms with Crippen LogP contribution in [-0.2, 0) is 4.79 Å². The fourth-order valence-electron chi connectivity index (χ4n) is 3.64. The number of anilines is 1. The molecule has 112 valence electrons. The van der Waals surface area contributed by atoms with E-state index in [-0.39, 0.29) is 5.91 Å². The molecule has 1 aliphatic heterocycles. The Hall–Kier alpha value is -1.68. The lowest BCUT2D eigenvalue weighted by Crippen LogP contribution is -2.26. The summed E-state index contributed by atoms with van der Waals surface area (Å²) in [6.45, 7) is 3.20. The van der Waals surface area contributed by atoms with E-state index >= 15 is 0 Å². The first-order valence-corrected chi connectivity index (χ1v) is 7.82. The lowest BCUT2D eigenvalue weighted by Gasteiger charge is -2.16. The highest BCUT2D eigenvalue weighted by Gasteiger charge is 2.35. The minimum Gasteiger partial charge on any atom is -0.326 e. The van der Waals surface area contributed by atoms with E-state index in [1.54, 1.807) is 24.3 Å². The standard InChI is InChI=1S/C17H22N2O2/c20-12-13-4-6-16(7-5-13)18-17(21)8-9-19-10-14-2-1-3-15(14)11-19/h4-7,12,14-15H,1-3,8-11H2,(H,18,21). The fraction of sp³-hybridized carbons (Fsp3) is 0.529. The maximum absolute atomic E-state index is 12.0. The Balaban J connectivity index is 1.43. The number of nitrogens with one attached hydrogen (secondary N) is 1. The molecule has 2 aliphatic rings. The highest BCUT2D eigenvalue weighted by molar-refractivity contribution is 5.91. The summed E-state index contributed by atoms with van der Waals surface area (Å²) in [5, 5.41) is 2.89. The van der Waals surface area contributed by atoms with Gasteiger partial charge in [-0.25, -0.2) is 0 Å². The minimum atomic E-state index is 0.0471. The van der Waals surface area contributed by atoms with Gasteiger partial charge < -0.3 is 10.2 Å². The summed E-state index contributed by atoms with van der Waals surface area (Å²) in [5.74, 6) is 1.80. The van der Waals surface area contributed by atoms with E-state index in [0.29, 0.717) is 12.0 Å². The number of nitrogens with zero attached hydrogens (tertiary/aromatic N) is 1. The van der Waals surface area contributed by atoms with Crippen LogP contribution in [0.2, 0.25) is 0 Å². The van der Waals surface area contributed by atoms with Gasteiger partial charge in [-0.15, -0.1) is 0 Å². The van der Waals surface area contributed by atoms with Gasteiger partial charge in [-0.2, -0.15) is 0 Å². The molecule has 0 bridgehead atoms. The van der Waals surface area contributed by atoms with Crippen LogP contribution in [0.4, 0.5) is 5.69 Å². The molecule has 1 heterocycles. The maximum atomic E-state index is 12.0. The first kappa shape index (κ1) is 14.3. The summed E-state index contributed by atoms with van der Waals surface area (Å²) in [6, 6.07) is 6.96. The van der Waals surface area contributed by atoms with Crippen molar-refractivity contribution in [2.75, 3.05) is 25.0 Å². The quantitative estimate of drug-likeness (QED) is 0.846. The highest BCUT2D eigenvalue weighted by Crippen LogP contribution is 2.37. The molecular formula is C17H22N2O2. The second-order valence-corrected chi connectivity index (χ2v) is 6.25. The number of fused-ring (bicyclic) bond motifs is 1. The van der Waals surface area contributed by atoms with Gasteiger partial charge in [0.15, 0.2) is 0 Å². The molecule has 1 saturated carbocycles. The second-order valence-electron chi connectivity index (χ2n) is 6.25. The van der Waals surface area contributed by atoms with Gasteiger partial charge in [0.2, 0.25) is 5.91 Å². The summed E-state index contributed by atoms with van der Waals surface area (Å²) in [5.41, 5.74) is 1.38. The summed E-state index contributed by atoms with van der Waals surface area (Å²) in [6.07, 6.45) is 5.47. The molecule has 2 fully saturated rings. The molecule has 1 saturated heterocycles. The molecule has 4 nitrogen and oxygen atoms in total. The Labute approximate surface area is 125 Å². The predicted octanol–water partition coefficient (Wildman–Crippen LogP) is 2.56. The van der Waals surface area contributed by atoms with E-state index in [0.717, 1.165) is 30.4 Å². The first-order chi connectivity index (χ1) is 10.2. The van der Waals surface area contributed by atoms with Crippen LogP contribution in [0.1, 0.15) is 36.0 Å². The van der Waals surface area contributed by atoms with Gasteiger partial charge >= 0.3 is 0 Å². The topological polar surface area (TPSA) is 49.4 Å². The molecule has 2 unspecified atom stereocenters. The molecule has 0 aromatic heterocycles. The average Bonchev–Trinajstić information content (AvgIpc) is 3.07. The van der Waals surface area contributed by atoms with Crippen LogP contribution in [0.3, 0.4) is 0 Å². The van der Waals surface area contributed by atoms with Crippen molar-refractivity contribution in [2.24, 2.45) is 11.8 Å². The van der Waals surface area contributed by atoms with Crippen molar-refractivity contribution in [3.63, 3.8) is 0 Å². The average molecular weight is 286 g/mol. The number of aldehydes is 1. The number of amides is 1. The Morgan fingerprint density at radius 2 is 1.86 bits per heavy atom. The van der Waals surface area contributed by atoms with E-state index in [1.165, 1.54) is 32.4 Å². The molecule has 0 radical (unpaired) electrons. The van der Waals surface area contributed by atoms with E-state index in [4.69, 9.17) is 0 Å². The second kappa shape index (κ2) is 6.39. The van der Waals surface area contributed by atoms with Crippen LogP contribution in [0.15, 0.2) is 24.3 Å². The Morgan fingerprint density at radius 1 is 1.19 bits per heavy atom. The van der Waals surface area contributed by atoms with Gasteiger partial charge in [-0.1, -0.05) is 6.42 Å². The number of hydrogen-bond acceptors (Lipinski definition) is 3. The van der Waals surface area contributed by atoms with Crippen molar-refractivity contribution >= 4 is 17.9 Å². The third-order valence-corrected chi connectivity index (χ3v) is 4.79. The Kier molecular flexibility index (Phi) is 4.34. The fourth-order valence-corrected chi connectivity index (χ4v) is 3.64. The van der Waals surface area contributed by atoms with Gasteiger partial charge in [-0.05, 0) is 48.9 Å². The number of rotatable bonds is 5. The van der Waals surface area contributed by atoms with Crippen LogP contribution in [0.5, 0.6) is 0 Å². The predicted molar refractivity (Wildman–Crippen MR) is 82.3 cm³/mol. The Morgan fingerprint density at radius 3 is 2.48 bits per heavy atom. The van der Waals surface area contributed by atoms with Crippen LogP contribution in [0, 0.1) is 11.8 Å². The minimum absolute atomic E-state index is 0.0471. The van der Waals surface area contributed by atoms with E-state index in [2.05, 4.69) is 10.2 Å². The summed E-state index contributed by atoms with van der Waals surface area (Å²) in [4.78, 5) is 25.0. The first-order valence-electron chi connectivity index (χ1n) is 7.82. The monoisotopic (exact) mass is 286 g/mol. The molecule has 1 aromatic rings. The number of likely N-dealkylation sites (tertiary alicyclic amines) is 1. The van der Waals surface area contributed by atoms with Gasteiger partial charge in [0.1, 0.15) is 6.29 Å². The van der Waals surface area contributed by atoms with Crippen molar-refractivity contribution in [3.05, 3.63) is 29.8 Å². The third-order valence-electron chi connectivity index (χ3n) is 4.79. The smallest absolute Gasteiger partial charge is 0.225 e. The lowest BCUT2D eigenvalue weighted by atomic mass is 10.0. The molecule has 1 N–H and O–H groups in total. The molecule has 4 heteroatoms. The van der Waals surface area contributed by atoms with Crippen LogP contribution in [-0.4, -0.2) is 36.7 Å². The number of carbonyl (C=O) groups excluding carboxylic acids is 2. The molecule has 1 amide bonds. The molecule has 2 atom stereocenters. The molecule has 1 aromatic carbocycles. The summed E-state index contributed by atoms with van der Waals surface area (Å²) >= 11 is 0. The van der Waals surface area contributed by atoms with Crippen molar-refractivity contribution in [2.45, 2.75) is 25.7 Å². The van der Waals surface area contributed by atoms with Crippen molar-refractivity contribution < 1.29 is 9.59 Å². The zero-order valence-electron chi connectivity index (χ0n) is 12.3. The maximum Gasteiger partial charge on any atom is 0.225 e. The SMILES string of the molecule is O=Cc1ccc(NC(=O)CCN2CC3CCCC3C2)cc1.